The number of anilines is 1. The van der Waals surface area contributed by atoms with E-state index < -0.39 is 0 Å². The zero-order chi connectivity index (χ0) is 12.3. The summed E-state index contributed by atoms with van der Waals surface area (Å²) in [4.78, 5) is 15.8. The summed E-state index contributed by atoms with van der Waals surface area (Å²) >= 11 is 7.50. The van der Waals surface area contributed by atoms with Crippen LogP contribution in [0.2, 0.25) is 5.02 Å². The monoisotopic (exact) mass is 270 g/mol. The molecule has 2 rings (SSSR count). The zero-order valence-corrected chi connectivity index (χ0v) is 10.8. The second-order valence-corrected chi connectivity index (χ2v) is 4.63. The fraction of sp³-hybridized carbons (Fsp3) is 0.300. The van der Waals surface area contributed by atoms with E-state index in [2.05, 4.69) is 15.4 Å². The van der Waals surface area contributed by atoms with E-state index in [4.69, 9.17) is 11.6 Å². The molecule has 0 radical (unpaired) electrons. The molecule has 0 atom stereocenters. The van der Waals surface area contributed by atoms with Crippen LogP contribution in [0.1, 0.15) is 11.9 Å². The van der Waals surface area contributed by atoms with E-state index in [1.807, 2.05) is 12.3 Å². The van der Waals surface area contributed by atoms with Gasteiger partial charge in [0.15, 0.2) is 0 Å². The summed E-state index contributed by atoms with van der Waals surface area (Å²) in [6, 6.07) is 0. The summed E-state index contributed by atoms with van der Waals surface area (Å²) in [6.45, 7) is 2.88. The normalized spacial score (nSPS) is 10.5. The molecule has 0 aliphatic carbocycles. The molecule has 0 bridgehead atoms. The fourth-order valence-electron chi connectivity index (χ4n) is 1.32. The third-order valence-electron chi connectivity index (χ3n) is 2.20. The fourth-order valence-corrected chi connectivity index (χ4v) is 2.09. The number of thiazole rings is 1. The van der Waals surface area contributed by atoms with Gasteiger partial charge in [-0.2, -0.15) is 5.10 Å². The highest BCUT2D eigenvalue weighted by molar-refractivity contribution is 7.09. The Morgan fingerprint density at radius 3 is 3.06 bits per heavy atom. The lowest BCUT2D eigenvalue weighted by atomic mass is 10.4. The summed E-state index contributed by atoms with van der Waals surface area (Å²) in [5.41, 5.74) is 0.259. The summed E-state index contributed by atoms with van der Waals surface area (Å²) in [6.07, 6.45) is 3.29. The average Bonchev–Trinajstić information content (AvgIpc) is 2.84. The Labute approximate surface area is 107 Å². The number of aryl methyl sites for hydroxylation is 1. The number of halogens is 1. The lowest BCUT2D eigenvalue weighted by molar-refractivity contribution is 0.616. The van der Waals surface area contributed by atoms with Gasteiger partial charge >= 0.3 is 0 Å². The van der Waals surface area contributed by atoms with Crippen LogP contribution in [0, 0.1) is 0 Å². The van der Waals surface area contributed by atoms with Gasteiger partial charge in [-0.05, 0) is 6.92 Å². The number of aromatic nitrogens is 3. The van der Waals surface area contributed by atoms with Crippen LogP contribution >= 0.6 is 22.9 Å². The highest BCUT2D eigenvalue weighted by Crippen LogP contribution is 2.16. The molecule has 0 aliphatic rings. The smallest absolute Gasteiger partial charge is 0.287 e. The largest absolute Gasteiger partial charge is 0.376 e. The molecule has 7 heteroatoms. The first-order chi connectivity index (χ1) is 8.22. The summed E-state index contributed by atoms with van der Waals surface area (Å²) in [7, 11) is 0. The zero-order valence-electron chi connectivity index (χ0n) is 9.18. The first-order valence-corrected chi connectivity index (χ1v) is 6.36. The van der Waals surface area contributed by atoms with Crippen molar-refractivity contribution in [2.45, 2.75) is 20.0 Å². The SMILES string of the molecule is CCn1ncc(NCc2nccs2)c(Cl)c1=O. The molecule has 2 aromatic heterocycles. The van der Waals surface area contributed by atoms with Crippen molar-refractivity contribution in [2.24, 2.45) is 0 Å². The topological polar surface area (TPSA) is 59.8 Å². The molecule has 0 saturated heterocycles. The standard InChI is InChI=1S/C10H11ClN4OS/c1-2-15-10(16)9(11)7(5-14-15)13-6-8-12-3-4-17-8/h3-5,13H,2,6H2,1H3. The van der Waals surface area contributed by atoms with E-state index >= 15 is 0 Å². The minimum atomic E-state index is -0.279. The van der Waals surface area contributed by atoms with E-state index in [1.54, 1.807) is 12.4 Å². The molecule has 0 amide bonds. The van der Waals surface area contributed by atoms with Crippen LogP contribution in [0.4, 0.5) is 5.69 Å². The van der Waals surface area contributed by atoms with Crippen molar-refractivity contribution < 1.29 is 0 Å². The number of hydrogen-bond donors (Lipinski definition) is 1. The molecule has 2 heterocycles. The van der Waals surface area contributed by atoms with Crippen molar-refractivity contribution in [1.29, 1.82) is 0 Å². The molecule has 0 aliphatic heterocycles. The molecule has 0 fully saturated rings. The summed E-state index contributed by atoms with van der Waals surface area (Å²) < 4.78 is 1.32. The Kier molecular flexibility index (Phi) is 3.75. The molecule has 2 aromatic rings. The van der Waals surface area contributed by atoms with Gasteiger partial charge in [0.05, 0.1) is 18.4 Å². The summed E-state index contributed by atoms with van der Waals surface area (Å²) in [5, 5.41) is 10.0. The molecule has 0 aromatic carbocycles. The Morgan fingerprint density at radius 2 is 2.41 bits per heavy atom. The van der Waals surface area contributed by atoms with Crippen molar-refractivity contribution in [2.75, 3.05) is 5.32 Å². The minimum absolute atomic E-state index is 0.165. The molecule has 17 heavy (non-hydrogen) atoms. The van der Waals surface area contributed by atoms with Gasteiger partial charge in [0.1, 0.15) is 10.0 Å². The maximum absolute atomic E-state index is 11.7. The van der Waals surface area contributed by atoms with Gasteiger partial charge in [-0.3, -0.25) is 4.79 Å². The van der Waals surface area contributed by atoms with Crippen LogP contribution in [0.15, 0.2) is 22.6 Å². The quantitative estimate of drug-likeness (QED) is 0.923. The van der Waals surface area contributed by atoms with Gasteiger partial charge in [0.25, 0.3) is 5.56 Å². The van der Waals surface area contributed by atoms with E-state index in [9.17, 15) is 4.79 Å². The molecule has 0 spiro atoms. The Hall–Kier alpha value is -1.40. The van der Waals surface area contributed by atoms with Crippen molar-refractivity contribution in [3.63, 3.8) is 0 Å². The molecule has 90 valence electrons. The molecular weight excluding hydrogens is 260 g/mol. The molecule has 0 unspecified atom stereocenters. The third kappa shape index (κ3) is 2.65. The molecule has 1 N–H and O–H groups in total. The lowest BCUT2D eigenvalue weighted by Crippen LogP contribution is -2.23. The van der Waals surface area contributed by atoms with Crippen molar-refractivity contribution in [3.8, 4) is 0 Å². The maximum Gasteiger partial charge on any atom is 0.287 e. The predicted octanol–water partition coefficient (Wildman–Crippen LogP) is 1.99. The number of rotatable bonds is 4. The first-order valence-electron chi connectivity index (χ1n) is 5.10. The molecular formula is C10H11ClN4OS. The average molecular weight is 271 g/mol. The second-order valence-electron chi connectivity index (χ2n) is 3.27. The minimum Gasteiger partial charge on any atom is -0.376 e. The molecule has 5 nitrogen and oxygen atoms in total. The Morgan fingerprint density at radius 1 is 1.59 bits per heavy atom. The third-order valence-corrected chi connectivity index (χ3v) is 3.34. The van der Waals surface area contributed by atoms with Crippen LogP contribution in [0.5, 0.6) is 0 Å². The second kappa shape index (κ2) is 5.29. The van der Waals surface area contributed by atoms with E-state index in [0.717, 1.165) is 5.01 Å². The van der Waals surface area contributed by atoms with Gasteiger partial charge < -0.3 is 5.32 Å². The number of hydrogen-bond acceptors (Lipinski definition) is 5. The van der Waals surface area contributed by atoms with Crippen LogP contribution in [-0.4, -0.2) is 14.8 Å². The van der Waals surface area contributed by atoms with Crippen LogP contribution in [-0.2, 0) is 13.1 Å². The van der Waals surface area contributed by atoms with Gasteiger partial charge in [0.2, 0.25) is 0 Å². The highest BCUT2D eigenvalue weighted by atomic mass is 35.5. The Balaban J connectivity index is 2.17. The highest BCUT2D eigenvalue weighted by Gasteiger charge is 2.08. The number of nitrogens with one attached hydrogen (secondary N) is 1. The van der Waals surface area contributed by atoms with E-state index in [-0.39, 0.29) is 10.6 Å². The number of nitrogens with zero attached hydrogens (tertiary/aromatic N) is 3. The molecule has 0 saturated carbocycles. The summed E-state index contributed by atoms with van der Waals surface area (Å²) in [5.74, 6) is 0. The first kappa shape index (κ1) is 12.1. The lowest BCUT2D eigenvalue weighted by Gasteiger charge is -2.07. The van der Waals surface area contributed by atoms with E-state index in [0.29, 0.717) is 18.8 Å². The van der Waals surface area contributed by atoms with Crippen molar-refractivity contribution in [3.05, 3.63) is 38.2 Å². The van der Waals surface area contributed by atoms with Gasteiger partial charge in [-0.15, -0.1) is 11.3 Å². The van der Waals surface area contributed by atoms with Gasteiger partial charge in [0, 0.05) is 18.1 Å². The maximum atomic E-state index is 11.7. The van der Waals surface area contributed by atoms with E-state index in [1.165, 1.54) is 16.0 Å². The van der Waals surface area contributed by atoms with Gasteiger partial charge in [-0.25, -0.2) is 9.67 Å². The Bertz CT molecular complexity index is 552. The van der Waals surface area contributed by atoms with Gasteiger partial charge in [-0.1, -0.05) is 11.6 Å². The van der Waals surface area contributed by atoms with Crippen LogP contribution in [0.25, 0.3) is 0 Å². The van der Waals surface area contributed by atoms with Crippen molar-refractivity contribution in [1.82, 2.24) is 14.8 Å². The van der Waals surface area contributed by atoms with Crippen LogP contribution < -0.4 is 10.9 Å². The predicted molar refractivity (Wildman–Crippen MR) is 68.6 cm³/mol. The van der Waals surface area contributed by atoms with Crippen LogP contribution in [0.3, 0.4) is 0 Å². The van der Waals surface area contributed by atoms with Crippen molar-refractivity contribution >= 4 is 28.6 Å².